The molecule has 1 aromatic rings. The van der Waals surface area contributed by atoms with Gasteiger partial charge >= 0.3 is 0 Å². The van der Waals surface area contributed by atoms with E-state index >= 15 is 0 Å². The molecule has 1 aliphatic heterocycles. The summed E-state index contributed by atoms with van der Waals surface area (Å²) in [5.74, 6) is -0.418. The average molecular weight is 219 g/mol. The highest BCUT2D eigenvalue weighted by Crippen LogP contribution is 2.07. The van der Waals surface area contributed by atoms with Crippen LogP contribution in [-0.4, -0.2) is 17.2 Å². The van der Waals surface area contributed by atoms with E-state index in [0.717, 1.165) is 0 Å². The zero-order chi connectivity index (χ0) is 11.4. The van der Waals surface area contributed by atoms with E-state index in [-0.39, 0.29) is 18.1 Å². The number of hydrogen-bond acceptors (Lipinski definition) is 3. The number of ether oxygens (including phenoxy) is 1. The average Bonchev–Trinajstić information content (AvgIpc) is 2.31. The monoisotopic (exact) mass is 219 g/mol. The second kappa shape index (κ2) is 4.61. The van der Waals surface area contributed by atoms with Gasteiger partial charge in [0.15, 0.2) is 5.78 Å². The topological polar surface area (TPSA) is 29.5 Å². The summed E-state index contributed by atoms with van der Waals surface area (Å²) in [7, 11) is 0. The summed E-state index contributed by atoms with van der Waals surface area (Å²) in [5.41, 5.74) is 0.495. The molecule has 0 spiro atoms. The first-order valence-corrected chi connectivity index (χ1v) is 4.79. The maximum Gasteiger partial charge on any atom is 0.182 e. The van der Waals surface area contributed by atoms with Gasteiger partial charge in [0.05, 0.1) is 6.54 Å². The van der Waals surface area contributed by atoms with Crippen molar-refractivity contribution < 1.29 is 13.9 Å². The normalized spacial score (nSPS) is 13.7. The fourth-order valence-electron chi connectivity index (χ4n) is 1.32. The molecule has 0 saturated carbocycles. The van der Waals surface area contributed by atoms with E-state index in [1.54, 1.807) is 17.3 Å². The van der Waals surface area contributed by atoms with Gasteiger partial charge in [0, 0.05) is 18.0 Å². The van der Waals surface area contributed by atoms with Crippen LogP contribution in [0.25, 0.3) is 0 Å². The molecule has 1 aliphatic rings. The summed E-state index contributed by atoms with van der Waals surface area (Å²) in [6.45, 7) is 0.210. The second-order valence-corrected chi connectivity index (χ2v) is 3.31. The van der Waals surface area contributed by atoms with Crippen LogP contribution >= 0.6 is 0 Å². The summed E-state index contributed by atoms with van der Waals surface area (Å²) in [4.78, 5) is 13.4. The predicted octanol–water partition coefficient (Wildman–Crippen LogP) is 2.28. The molecule has 0 N–H and O–H groups in total. The van der Waals surface area contributed by atoms with Crippen LogP contribution in [0.2, 0.25) is 0 Å². The summed E-state index contributed by atoms with van der Waals surface area (Å²) < 4.78 is 17.5. The molecule has 0 bridgehead atoms. The first kappa shape index (κ1) is 10.4. The van der Waals surface area contributed by atoms with Gasteiger partial charge in [-0.2, -0.15) is 0 Å². The first-order valence-electron chi connectivity index (χ1n) is 4.79. The molecule has 0 atom stereocenters. The Morgan fingerprint density at radius 2 is 1.81 bits per heavy atom. The molecule has 0 amide bonds. The number of rotatable bonds is 3. The van der Waals surface area contributed by atoms with E-state index in [0.29, 0.717) is 5.56 Å². The molecular weight excluding hydrogens is 209 g/mol. The van der Waals surface area contributed by atoms with Crippen LogP contribution < -0.4 is 0 Å². The van der Waals surface area contributed by atoms with E-state index < -0.39 is 0 Å². The first-order chi connectivity index (χ1) is 7.75. The zero-order valence-corrected chi connectivity index (χ0v) is 8.47. The molecule has 1 heterocycles. The molecule has 0 fully saturated rings. The number of benzene rings is 1. The Morgan fingerprint density at radius 1 is 1.19 bits per heavy atom. The minimum atomic E-state index is -0.345. The third-order valence-corrected chi connectivity index (χ3v) is 2.15. The molecule has 0 saturated heterocycles. The maximum atomic E-state index is 12.6. The Bertz CT molecular complexity index is 425. The number of Topliss-reactive ketones (excluding diaryl/α,β-unsaturated/α-hetero) is 1. The molecule has 2 rings (SSSR count). The van der Waals surface area contributed by atoms with Gasteiger partial charge in [0.2, 0.25) is 0 Å². The van der Waals surface area contributed by atoms with Gasteiger partial charge in [-0.05, 0) is 24.3 Å². The third kappa shape index (κ3) is 2.48. The largest absolute Gasteiger partial charge is 0.470 e. The number of carbonyl (C=O) groups excluding carboxylic acids is 1. The van der Waals surface area contributed by atoms with Crippen molar-refractivity contribution in [2.24, 2.45) is 0 Å². The Labute approximate surface area is 92.4 Å². The van der Waals surface area contributed by atoms with Crippen molar-refractivity contribution in [1.82, 2.24) is 4.90 Å². The Morgan fingerprint density at radius 3 is 2.44 bits per heavy atom. The third-order valence-electron chi connectivity index (χ3n) is 2.15. The minimum Gasteiger partial charge on any atom is -0.470 e. The van der Waals surface area contributed by atoms with Crippen molar-refractivity contribution in [3.63, 3.8) is 0 Å². The van der Waals surface area contributed by atoms with E-state index in [4.69, 9.17) is 4.74 Å². The van der Waals surface area contributed by atoms with E-state index in [1.807, 2.05) is 0 Å². The van der Waals surface area contributed by atoms with Crippen LogP contribution in [0.4, 0.5) is 4.39 Å². The van der Waals surface area contributed by atoms with Gasteiger partial charge < -0.3 is 9.64 Å². The van der Waals surface area contributed by atoms with Gasteiger partial charge in [0.25, 0.3) is 0 Å². The molecule has 0 aliphatic carbocycles. The highest BCUT2D eigenvalue weighted by atomic mass is 19.1. The lowest BCUT2D eigenvalue weighted by molar-refractivity contribution is 0.0967. The van der Waals surface area contributed by atoms with Gasteiger partial charge in [0.1, 0.15) is 18.3 Å². The molecule has 4 heteroatoms. The Balaban J connectivity index is 2.02. The van der Waals surface area contributed by atoms with Gasteiger partial charge in [-0.1, -0.05) is 0 Å². The summed E-state index contributed by atoms with van der Waals surface area (Å²) >= 11 is 0. The summed E-state index contributed by atoms with van der Waals surface area (Å²) in [6.07, 6.45) is 6.28. The Hall–Kier alpha value is -2.10. The molecule has 82 valence electrons. The van der Waals surface area contributed by atoms with Gasteiger partial charge in [-0.25, -0.2) is 4.39 Å². The second-order valence-electron chi connectivity index (χ2n) is 3.31. The fraction of sp³-hybridized carbons (Fsp3) is 0.0833. The standard InChI is InChI=1S/C12H10FNO2/c13-11-3-1-10(2-4-11)12(15)9-14-5-7-16-8-6-14/h1-8H,9H2. The maximum absolute atomic E-state index is 12.6. The van der Waals surface area contributed by atoms with Crippen molar-refractivity contribution in [2.45, 2.75) is 0 Å². The van der Waals surface area contributed by atoms with Crippen LogP contribution in [0.15, 0.2) is 49.2 Å². The van der Waals surface area contributed by atoms with Gasteiger partial charge in [-0.15, -0.1) is 0 Å². The molecule has 3 nitrogen and oxygen atoms in total. The molecule has 0 radical (unpaired) electrons. The predicted molar refractivity (Wildman–Crippen MR) is 56.8 cm³/mol. The highest BCUT2D eigenvalue weighted by molar-refractivity contribution is 5.97. The number of nitrogens with zero attached hydrogens (tertiary/aromatic N) is 1. The van der Waals surface area contributed by atoms with E-state index in [9.17, 15) is 9.18 Å². The van der Waals surface area contributed by atoms with Crippen molar-refractivity contribution in [1.29, 1.82) is 0 Å². The van der Waals surface area contributed by atoms with Crippen molar-refractivity contribution in [3.8, 4) is 0 Å². The number of carbonyl (C=O) groups is 1. The number of halogens is 1. The summed E-state index contributed by atoms with van der Waals surface area (Å²) in [5, 5.41) is 0. The van der Waals surface area contributed by atoms with E-state index in [1.165, 1.54) is 36.8 Å². The van der Waals surface area contributed by atoms with Crippen molar-refractivity contribution >= 4 is 5.78 Å². The van der Waals surface area contributed by atoms with Crippen molar-refractivity contribution in [2.75, 3.05) is 6.54 Å². The van der Waals surface area contributed by atoms with Crippen LogP contribution in [0.1, 0.15) is 10.4 Å². The fourth-order valence-corrected chi connectivity index (χ4v) is 1.32. The molecular formula is C12H10FNO2. The van der Waals surface area contributed by atoms with E-state index in [2.05, 4.69) is 0 Å². The van der Waals surface area contributed by atoms with Crippen molar-refractivity contribution in [3.05, 3.63) is 60.6 Å². The zero-order valence-electron chi connectivity index (χ0n) is 8.47. The lowest BCUT2D eigenvalue weighted by Crippen LogP contribution is -2.21. The molecule has 1 aromatic carbocycles. The number of hydrogen-bond donors (Lipinski definition) is 0. The Kier molecular flexibility index (Phi) is 3.00. The van der Waals surface area contributed by atoms with Gasteiger partial charge in [-0.3, -0.25) is 4.79 Å². The van der Waals surface area contributed by atoms with Crippen LogP contribution in [0.3, 0.4) is 0 Å². The van der Waals surface area contributed by atoms with Crippen LogP contribution in [-0.2, 0) is 4.74 Å². The van der Waals surface area contributed by atoms with Crippen LogP contribution in [0, 0.1) is 5.82 Å². The number of ketones is 1. The quantitative estimate of drug-likeness (QED) is 0.730. The van der Waals surface area contributed by atoms with Crippen LogP contribution in [0.5, 0.6) is 0 Å². The minimum absolute atomic E-state index is 0.0730. The lowest BCUT2D eigenvalue weighted by Gasteiger charge is -2.16. The summed E-state index contributed by atoms with van der Waals surface area (Å²) in [6, 6.07) is 5.51. The highest BCUT2D eigenvalue weighted by Gasteiger charge is 2.09. The lowest BCUT2D eigenvalue weighted by atomic mass is 10.1. The molecule has 16 heavy (non-hydrogen) atoms. The molecule has 0 aromatic heterocycles. The molecule has 0 unspecified atom stereocenters. The SMILES string of the molecule is O=C(CN1C=COC=C1)c1ccc(F)cc1. The smallest absolute Gasteiger partial charge is 0.182 e.